The molecule has 1 amide bonds. The first-order valence-electron chi connectivity index (χ1n) is 10.2. The van der Waals surface area contributed by atoms with Crippen LogP contribution in [-0.4, -0.2) is 33.3 Å². The molecule has 2 aromatic carbocycles. The van der Waals surface area contributed by atoms with Crippen LogP contribution < -0.4 is 5.32 Å². The second-order valence-corrected chi connectivity index (χ2v) is 10.2. The first-order chi connectivity index (χ1) is 14.6. The molecule has 0 bridgehead atoms. The number of thioether (sulfide) groups is 1. The van der Waals surface area contributed by atoms with Crippen molar-refractivity contribution in [3.8, 4) is 0 Å². The molecule has 0 atom stereocenters. The molecule has 1 aliphatic heterocycles. The van der Waals surface area contributed by atoms with Crippen molar-refractivity contribution in [3.63, 3.8) is 0 Å². The van der Waals surface area contributed by atoms with Gasteiger partial charge in [-0.1, -0.05) is 73.3 Å². The standard InChI is InChI=1S/C23H26N4OS2/c1-16(2)15-29-23-26-25-22(30-23)24-21(28)19-9-7-17(8-10-19)13-27-12-11-18-5-3-4-6-20(18)14-27/h3-10,16H,11-15H2,1-2H3,(H,24,25,28). The van der Waals surface area contributed by atoms with Crippen molar-refractivity contribution in [1.82, 2.24) is 15.1 Å². The third kappa shape index (κ3) is 5.47. The van der Waals surface area contributed by atoms with Gasteiger partial charge in [0.2, 0.25) is 5.13 Å². The first-order valence-corrected chi connectivity index (χ1v) is 12.0. The van der Waals surface area contributed by atoms with Crippen LogP contribution in [-0.2, 0) is 19.5 Å². The Morgan fingerprint density at radius 3 is 2.67 bits per heavy atom. The van der Waals surface area contributed by atoms with Crippen molar-refractivity contribution in [2.75, 3.05) is 17.6 Å². The molecule has 0 fully saturated rings. The van der Waals surface area contributed by atoms with Gasteiger partial charge >= 0.3 is 0 Å². The summed E-state index contributed by atoms with van der Waals surface area (Å²) in [4.78, 5) is 15.0. The van der Waals surface area contributed by atoms with Gasteiger partial charge in [0.25, 0.3) is 5.91 Å². The molecule has 156 valence electrons. The van der Waals surface area contributed by atoms with Gasteiger partial charge in [-0.3, -0.25) is 15.0 Å². The highest BCUT2D eigenvalue weighted by atomic mass is 32.2. The summed E-state index contributed by atoms with van der Waals surface area (Å²) in [6.45, 7) is 7.28. The van der Waals surface area contributed by atoms with Crippen molar-refractivity contribution >= 4 is 34.1 Å². The summed E-state index contributed by atoms with van der Waals surface area (Å²) in [5.41, 5.74) is 4.73. The number of anilines is 1. The second-order valence-electron chi connectivity index (χ2n) is 7.96. The zero-order chi connectivity index (χ0) is 20.9. The Balaban J connectivity index is 1.32. The maximum Gasteiger partial charge on any atom is 0.257 e. The van der Waals surface area contributed by atoms with Gasteiger partial charge in [0, 0.05) is 31.0 Å². The predicted molar refractivity (Wildman–Crippen MR) is 124 cm³/mol. The van der Waals surface area contributed by atoms with E-state index in [4.69, 9.17) is 0 Å². The third-order valence-electron chi connectivity index (χ3n) is 5.00. The van der Waals surface area contributed by atoms with E-state index in [0.29, 0.717) is 16.6 Å². The molecule has 3 aromatic rings. The molecule has 4 rings (SSSR count). The van der Waals surface area contributed by atoms with Crippen molar-refractivity contribution < 1.29 is 4.79 Å². The van der Waals surface area contributed by atoms with Crippen LogP contribution in [0.4, 0.5) is 5.13 Å². The van der Waals surface area contributed by atoms with Crippen molar-refractivity contribution in [3.05, 3.63) is 70.8 Å². The Morgan fingerprint density at radius 2 is 1.90 bits per heavy atom. The molecule has 7 heteroatoms. The van der Waals surface area contributed by atoms with E-state index in [1.165, 1.54) is 28.0 Å². The van der Waals surface area contributed by atoms with Crippen LogP contribution in [0.1, 0.15) is 40.9 Å². The van der Waals surface area contributed by atoms with Crippen LogP contribution in [0.15, 0.2) is 52.9 Å². The fraction of sp³-hybridized carbons (Fsp3) is 0.348. The Bertz CT molecular complexity index is 1000. The second kappa shape index (κ2) is 9.73. The SMILES string of the molecule is CC(C)CSc1nnc(NC(=O)c2ccc(CN3CCc4ccccc4C3)cc2)s1. The minimum absolute atomic E-state index is 0.148. The minimum atomic E-state index is -0.148. The number of carbonyl (C=O) groups is 1. The normalized spacial score (nSPS) is 14.0. The number of amides is 1. The molecule has 0 saturated heterocycles. The van der Waals surface area contributed by atoms with E-state index in [9.17, 15) is 4.79 Å². The summed E-state index contributed by atoms with van der Waals surface area (Å²) in [5, 5.41) is 11.6. The average molecular weight is 439 g/mol. The number of carbonyl (C=O) groups excluding carboxylic acids is 1. The largest absolute Gasteiger partial charge is 0.296 e. The molecule has 0 saturated carbocycles. The molecule has 0 radical (unpaired) electrons. The van der Waals surface area contributed by atoms with E-state index in [1.54, 1.807) is 11.8 Å². The molecule has 0 unspecified atom stereocenters. The summed E-state index contributed by atoms with van der Waals surface area (Å²) in [7, 11) is 0. The molecule has 1 N–H and O–H groups in total. The lowest BCUT2D eigenvalue weighted by Crippen LogP contribution is -2.29. The maximum absolute atomic E-state index is 12.5. The fourth-order valence-corrected chi connectivity index (χ4v) is 5.16. The van der Waals surface area contributed by atoms with Gasteiger partial charge in [0.05, 0.1) is 0 Å². The lowest BCUT2D eigenvalue weighted by atomic mass is 9.99. The van der Waals surface area contributed by atoms with Crippen molar-refractivity contribution in [2.24, 2.45) is 5.92 Å². The maximum atomic E-state index is 12.5. The number of fused-ring (bicyclic) bond motifs is 1. The molecule has 0 aliphatic carbocycles. The van der Waals surface area contributed by atoms with E-state index in [2.05, 4.69) is 58.5 Å². The van der Waals surface area contributed by atoms with E-state index in [1.807, 2.05) is 24.3 Å². The van der Waals surface area contributed by atoms with Crippen molar-refractivity contribution in [2.45, 2.75) is 37.7 Å². The molecule has 2 heterocycles. The van der Waals surface area contributed by atoms with Gasteiger partial charge in [-0.05, 0) is 41.2 Å². The van der Waals surface area contributed by atoms with Gasteiger partial charge < -0.3 is 0 Å². The molecular weight excluding hydrogens is 412 g/mol. The van der Waals surface area contributed by atoms with E-state index >= 15 is 0 Å². The number of hydrogen-bond donors (Lipinski definition) is 1. The number of rotatable bonds is 7. The van der Waals surface area contributed by atoms with Gasteiger partial charge in [-0.2, -0.15) is 0 Å². The zero-order valence-electron chi connectivity index (χ0n) is 17.3. The molecular formula is C23H26N4OS2. The van der Waals surface area contributed by atoms with Gasteiger partial charge in [-0.15, -0.1) is 10.2 Å². The zero-order valence-corrected chi connectivity index (χ0v) is 18.9. The number of nitrogens with one attached hydrogen (secondary N) is 1. The van der Waals surface area contributed by atoms with Crippen LogP contribution in [0, 0.1) is 5.92 Å². The quantitative estimate of drug-likeness (QED) is 0.411. The average Bonchev–Trinajstić information content (AvgIpc) is 3.20. The Morgan fingerprint density at radius 1 is 1.13 bits per heavy atom. The molecule has 1 aliphatic rings. The van der Waals surface area contributed by atoms with Gasteiger partial charge in [0.15, 0.2) is 4.34 Å². The molecule has 1 aromatic heterocycles. The molecule has 30 heavy (non-hydrogen) atoms. The minimum Gasteiger partial charge on any atom is -0.296 e. The third-order valence-corrected chi connectivity index (χ3v) is 7.40. The van der Waals surface area contributed by atoms with E-state index in [-0.39, 0.29) is 5.91 Å². The molecule has 0 spiro atoms. The Kier molecular flexibility index (Phi) is 6.82. The number of aromatic nitrogens is 2. The van der Waals surface area contributed by atoms with Crippen LogP contribution in [0.2, 0.25) is 0 Å². The predicted octanol–water partition coefficient (Wildman–Crippen LogP) is 5.10. The van der Waals surface area contributed by atoms with Crippen LogP contribution >= 0.6 is 23.1 Å². The summed E-state index contributed by atoms with van der Waals surface area (Å²) in [6, 6.07) is 16.5. The summed E-state index contributed by atoms with van der Waals surface area (Å²) >= 11 is 3.10. The lowest BCUT2D eigenvalue weighted by Gasteiger charge is -2.28. The van der Waals surface area contributed by atoms with Crippen LogP contribution in [0.3, 0.4) is 0 Å². The smallest absolute Gasteiger partial charge is 0.257 e. The van der Waals surface area contributed by atoms with E-state index < -0.39 is 0 Å². The van der Waals surface area contributed by atoms with Crippen LogP contribution in [0.25, 0.3) is 0 Å². The fourth-order valence-electron chi connectivity index (χ4n) is 3.43. The highest BCUT2D eigenvalue weighted by Crippen LogP contribution is 2.27. The number of benzene rings is 2. The van der Waals surface area contributed by atoms with Crippen molar-refractivity contribution in [1.29, 1.82) is 0 Å². The topological polar surface area (TPSA) is 58.1 Å². The number of hydrogen-bond acceptors (Lipinski definition) is 6. The Hall–Kier alpha value is -2.22. The van der Waals surface area contributed by atoms with Gasteiger partial charge in [0.1, 0.15) is 0 Å². The van der Waals surface area contributed by atoms with E-state index in [0.717, 1.165) is 36.1 Å². The molecule has 5 nitrogen and oxygen atoms in total. The lowest BCUT2D eigenvalue weighted by molar-refractivity contribution is 0.102. The first kappa shape index (κ1) is 21.0. The summed E-state index contributed by atoms with van der Waals surface area (Å²) in [5.74, 6) is 1.44. The summed E-state index contributed by atoms with van der Waals surface area (Å²) < 4.78 is 0.887. The monoisotopic (exact) mass is 438 g/mol. The highest BCUT2D eigenvalue weighted by Gasteiger charge is 2.16. The number of nitrogens with zero attached hydrogens (tertiary/aromatic N) is 3. The highest BCUT2D eigenvalue weighted by molar-refractivity contribution is 8.01. The van der Waals surface area contributed by atoms with Gasteiger partial charge in [-0.25, -0.2) is 0 Å². The Labute approximate surface area is 185 Å². The van der Waals surface area contributed by atoms with Crippen LogP contribution in [0.5, 0.6) is 0 Å². The summed E-state index contributed by atoms with van der Waals surface area (Å²) in [6.07, 6.45) is 1.09.